The molecule has 2 rings (SSSR count). The summed E-state index contributed by atoms with van der Waals surface area (Å²) >= 11 is 6.75. The third kappa shape index (κ3) is 3.73. The molecule has 2 aromatic rings. The van der Waals surface area contributed by atoms with Crippen LogP contribution in [0.4, 0.5) is 4.39 Å². The molecule has 0 aliphatic rings. The lowest BCUT2D eigenvalue weighted by Crippen LogP contribution is -2.26. The van der Waals surface area contributed by atoms with Crippen molar-refractivity contribution in [1.82, 2.24) is 15.1 Å². The minimum absolute atomic E-state index is 0.0932. The van der Waals surface area contributed by atoms with E-state index in [-0.39, 0.29) is 11.9 Å². The fourth-order valence-corrected chi connectivity index (χ4v) is 3.04. The van der Waals surface area contributed by atoms with Crippen LogP contribution in [0.15, 0.2) is 33.3 Å². The molecule has 0 aliphatic heterocycles. The third-order valence-electron chi connectivity index (χ3n) is 3.28. The van der Waals surface area contributed by atoms with Gasteiger partial charge in [0, 0.05) is 6.54 Å². The summed E-state index contributed by atoms with van der Waals surface area (Å²) in [5.41, 5.74) is 1.91. The van der Waals surface area contributed by atoms with Gasteiger partial charge >= 0.3 is 0 Å². The second-order valence-corrected chi connectivity index (χ2v) is 6.46. The molecular weight excluding hydrogens is 401 g/mol. The summed E-state index contributed by atoms with van der Waals surface area (Å²) < 4.78 is 17.2. The summed E-state index contributed by atoms with van der Waals surface area (Å²) in [6.07, 6.45) is 2.79. The van der Waals surface area contributed by atoms with E-state index in [9.17, 15) is 4.39 Å². The van der Waals surface area contributed by atoms with Gasteiger partial charge in [-0.05, 0) is 69.4 Å². The van der Waals surface area contributed by atoms with Crippen molar-refractivity contribution in [2.24, 2.45) is 0 Å². The first-order chi connectivity index (χ1) is 10.1. The molecule has 0 fully saturated rings. The Morgan fingerprint density at radius 1 is 1.29 bits per heavy atom. The fourth-order valence-electron chi connectivity index (χ4n) is 2.26. The van der Waals surface area contributed by atoms with Crippen molar-refractivity contribution in [2.45, 2.75) is 32.9 Å². The van der Waals surface area contributed by atoms with Gasteiger partial charge in [0.25, 0.3) is 0 Å². The van der Waals surface area contributed by atoms with Crippen molar-refractivity contribution in [3.8, 4) is 0 Å². The molecule has 114 valence electrons. The number of hydrogen-bond donors (Lipinski definition) is 1. The van der Waals surface area contributed by atoms with Gasteiger partial charge in [0.05, 0.1) is 26.9 Å². The molecule has 6 heteroatoms. The Morgan fingerprint density at radius 2 is 2.05 bits per heavy atom. The quantitative estimate of drug-likeness (QED) is 0.739. The molecule has 1 unspecified atom stereocenters. The van der Waals surface area contributed by atoms with Crippen LogP contribution in [0.1, 0.15) is 37.6 Å². The fraction of sp³-hybridized carbons (Fsp3) is 0.400. The normalized spacial score (nSPS) is 12.6. The third-order valence-corrected chi connectivity index (χ3v) is 4.54. The molecule has 0 aliphatic carbocycles. The van der Waals surface area contributed by atoms with E-state index >= 15 is 0 Å². The maximum absolute atomic E-state index is 13.9. The zero-order valence-corrected chi connectivity index (χ0v) is 15.2. The molecule has 0 spiro atoms. The van der Waals surface area contributed by atoms with Gasteiger partial charge in [0.15, 0.2) is 0 Å². The molecule has 1 N–H and O–H groups in total. The van der Waals surface area contributed by atoms with Gasteiger partial charge in [-0.25, -0.2) is 4.39 Å². The number of nitrogens with zero attached hydrogens (tertiary/aromatic N) is 2. The number of aryl methyl sites for hydroxylation is 1. The molecule has 0 amide bonds. The number of nitrogens with one attached hydrogen (secondary N) is 1. The van der Waals surface area contributed by atoms with Crippen LogP contribution in [0.5, 0.6) is 0 Å². The Labute approximate surface area is 141 Å². The minimum atomic E-state index is -0.255. The highest BCUT2D eigenvalue weighted by molar-refractivity contribution is 9.10. The molecule has 1 aromatic carbocycles. The average molecular weight is 419 g/mol. The van der Waals surface area contributed by atoms with Gasteiger partial charge in [-0.15, -0.1) is 0 Å². The predicted octanol–water partition coefficient (Wildman–Crippen LogP) is 4.66. The van der Waals surface area contributed by atoms with E-state index in [0.717, 1.165) is 35.2 Å². The smallest absolute Gasteiger partial charge is 0.137 e. The van der Waals surface area contributed by atoms with Crippen LogP contribution in [0, 0.1) is 5.82 Å². The zero-order chi connectivity index (χ0) is 15.4. The van der Waals surface area contributed by atoms with Crippen LogP contribution in [0.3, 0.4) is 0 Å². The second kappa shape index (κ2) is 7.51. The number of hydrogen-bond acceptors (Lipinski definition) is 2. The van der Waals surface area contributed by atoms with Crippen LogP contribution in [0.25, 0.3) is 0 Å². The van der Waals surface area contributed by atoms with Crippen LogP contribution in [0.2, 0.25) is 0 Å². The van der Waals surface area contributed by atoms with Gasteiger partial charge in [0.2, 0.25) is 0 Å². The predicted molar refractivity (Wildman–Crippen MR) is 89.8 cm³/mol. The molecule has 0 saturated heterocycles. The molecule has 0 bridgehead atoms. The van der Waals surface area contributed by atoms with E-state index in [1.165, 1.54) is 0 Å². The summed E-state index contributed by atoms with van der Waals surface area (Å²) in [7, 11) is 0. The summed E-state index contributed by atoms with van der Waals surface area (Å²) in [4.78, 5) is 0. The monoisotopic (exact) mass is 417 g/mol. The van der Waals surface area contributed by atoms with E-state index < -0.39 is 0 Å². The average Bonchev–Trinajstić information content (AvgIpc) is 2.84. The molecule has 0 radical (unpaired) electrons. The highest BCUT2D eigenvalue weighted by Gasteiger charge is 2.21. The molecular formula is C15H18Br2FN3. The van der Waals surface area contributed by atoms with E-state index in [1.807, 2.05) is 17.7 Å². The lowest BCUT2D eigenvalue weighted by Gasteiger charge is -2.21. The van der Waals surface area contributed by atoms with Crippen LogP contribution in [-0.4, -0.2) is 16.3 Å². The number of halogens is 3. The van der Waals surface area contributed by atoms with Crippen molar-refractivity contribution in [2.75, 3.05) is 6.54 Å². The van der Waals surface area contributed by atoms with E-state index in [1.54, 1.807) is 18.3 Å². The minimum Gasteiger partial charge on any atom is -0.305 e. The maximum atomic E-state index is 13.9. The topological polar surface area (TPSA) is 29.9 Å². The van der Waals surface area contributed by atoms with Crippen molar-refractivity contribution in [3.63, 3.8) is 0 Å². The SMILES string of the molecule is CCCNC(c1ccc(Br)c(F)c1)c1c(Br)cnn1CC. The first-order valence-corrected chi connectivity index (χ1v) is 8.56. The summed E-state index contributed by atoms with van der Waals surface area (Å²) in [5.74, 6) is -0.255. The van der Waals surface area contributed by atoms with Gasteiger partial charge in [0.1, 0.15) is 5.82 Å². The molecule has 1 heterocycles. The first-order valence-electron chi connectivity index (χ1n) is 6.98. The summed E-state index contributed by atoms with van der Waals surface area (Å²) in [5, 5.41) is 7.83. The lowest BCUT2D eigenvalue weighted by atomic mass is 10.0. The van der Waals surface area contributed by atoms with E-state index in [0.29, 0.717) is 4.47 Å². The van der Waals surface area contributed by atoms with Gasteiger partial charge < -0.3 is 5.32 Å². The Hall–Kier alpha value is -0.720. The summed E-state index contributed by atoms with van der Waals surface area (Å²) in [6.45, 7) is 5.77. The van der Waals surface area contributed by atoms with Crippen LogP contribution in [-0.2, 0) is 6.54 Å². The van der Waals surface area contributed by atoms with Crippen molar-refractivity contribution >= 4 is 31.9 Å². The molecule has 3 nitrogen and oxygen atoms in total. The Balaban J connectivity index is 2.46. The zero-order valence-electron chi connectivity index (χ0n) is 12.0. The first kappa shape index (κ1) is 16.6. The maximum Gasteiger partial charge on any atom is 0.137 e. The Kier molecular flexibility index (Phi) is 5.96. The Bertz CT molecular complexity index is 613. The number of benzene rings is 1. The lowest BCUT2D eigenvalue weighted by molar-refractivity contribution is 0.524. The standard InChI is InChI=1S/C15H18Br2FN3/c1-3-7-19-14(10-5-6-11(16)13(18)8-10)15-12(17)9-20-21(15)4-2/h5-6,8-9,14,19H,3-4,7H2,1-2H3. The molecule has 0 saturated carbocycles. The van der Waals surface area contributed by atoms with Gasteiger partial charge in [-0.3, -0.25) is 4.68 Å². The highest BCUT2D eigenvalue weighted by atomic mass is 79.9. The highest BCUT2D eigenvalue weighted by Crippen LogP contribution is 2.30. The van der Waals surface area contributed by atoms with Gasteiger partial charge in [-0.1, -0.05) is 13.0 Å². The molecule has 21 heavy (non-hydrogen) atoms. The Morgan fingerprint density at radius 3 is 2.67 bits per heavy atom. The van der Waals surface area contributed by atoms with Crippen molar-refractivity contribution in [3.05, 3.63) is 50.4 Å². The van der Waals surface area contributed by atoms with Gasteiger partial charge in [-0.2, -0.15) is 5.10 Å². The summed E-state index contributed by atoms with van der Waals surface area (Å²) in [6, 6.07) is 5.15. The second-order valence-electron chi connectivity index (χ2n) is 4.75. The number of aromatic nitrogens is 2. The van der Waals surface area contributed by atoms with Crippen LogP contribution >= 0.6 is 31.9 Å². The molecule has 1 atom stereocenters. The van der Waals surface area contributed by atoms with Crippen LogP contribution < -0.4 is 5.32 Å². The van der Waals surface area contributed by atoms with Crippen molar-refractivity contribution in [1.29, 1.82) is 0 Å². The van der Waals surface area contributed by atoms with E-state index in [2.05, 4.69) is 49.2 Å². The largest absolute Gasteiger partial charge is 0.305 e. The van der Waals surface area contributed by atoms with E-state index in [4.69, 9.17) is 0 Å². The van der Waals surface area contributed by atoms with Crippen molar-refractivity contribution < 1.29 is 4.39 Å². The number of rotatable bonds is 6. The molecule has 1 aromatic heterocycles.